The number of nitrogens with two attached hydrogens (primary N) is 1. The van der Waals surface area contributed by atoms with E-state index in [4.69, 9.17) is 5.73 Å². The molecule has 2 fully saturated rings. The van der Waals surface area contributed by atoms with Crippen molar-refractivity contribution in [3.05, 3.63) is 12.7 Å². The smallest absolute Gasteiger partial charge is 0.00756 e. The highest BCUT2D eigenvalue weighted by Crippen LogP contribution is 2.59. The molecule has 0 heterocycles. The van der Waals surface area contributed by atoms with Crippen LogP contribution in [0.4, 0.5) is 0 Å². The summed E-state index contributed by atoms with van der Waals surface area (Å²) in [6.07, 6.45) is 8.60. The van der Waals surface area contributed by atoms with Crippen molar-refractivity contribution in [2.45, 2.75) is 38.1 Å². The van der Waals surface area contributed by atoms with Gasteiger partial charge >= 0.3 is 0 Å². The molecular formula is C11H19N. The van der Waals surface area contributed by atoms with Gasteiger partial charge in [-0.1, -0.05) is 12.5 Å². The van der Waals surface area contributed by atoms with Crippen LogP contribution in [0.15, 0.2) is 12.7 Å². The first-order valence-electron chi connectivity index (χ1n) is 5.21. The minimum absolute atomic E-state index is 0.471. The molecule has 2 rings (SSSR count). The summed E-state index contributed by atoms with van der Waals surface area (Å²) in [5.74, 6) is 2.92. The summed E-state index contributed by atoms with van der Waals surface area (Å²) >= 11 is 0. The molecule has 2 aliphatic rings. The molecule has 1 heteroatoms. The van der Waals surface area contributed by atoms with Crippen LogP contribution in [-0.4, -0.2) is 6.04 Å². The fourth-order valence-electron chi connectivity index (χ4n) is 3.01. The van der Waals surface area contributed by atoms with Crippen LogP contribution >= 0.6 is 0 Å². The largest absolute Gasteiger partial charge is 0.327 e. The predicted octanol–water partition coefficient (Wildman–Crippen LogP) is 2.33. The average molecular weight is 165 g/mol. The van der Waals surface area contributed by atoms with E-state index in [9.17, 15) is 0 Å². The Balaban J connectivity index is 1.75. The number of hydrogen-bond donors (Lipinski definition) is 1. The summed E-state index contributed by atoms with van der Waals surface area (Å²) in [4.78, 5) is 0. The molecule has 0 aromatic rings. The van der Waals surface area contributed by atoms with Crippen LogP contribution < -0.4 is 5.73 Å². The third-order valence-corrected chi connectivity index (χ3v) is 3.67. The highest BCUT2D eigenvalue weighted by atomic mass is 14.7. The topological polar surface area (TPSA) is 26.0 Å². The van der Waals surface area contributed by atoms with Crippen molar-refractivity contribution in [1.29, 1.82) is 0 Å². The molecule has 3 atom stereocenters. The molecule has 68 valence electrons. The van der Waals surface area contributed by atoms with Crippen LogP contribution in [-0.2, 0) is 0 Å². The predicted molar refractivity (Wildman–Crippen MR) is 51.7 cm³/mol. The van der Waals surface area contributed by atoms with Crippen molar-refractivity contribution in [3.63, 3.8) is 0 Å². The van der Waals surface area contributed by atoms with E-state index in [-0.39, 0.29) is 0 Å². The molecule has 2 N–H and O–H groups in total. The fraction of sp³-hybridized carbons (Fsp3) is 0.818. The molecule has 0 aromatic heterocycles. The third-order valence-electron chi connectivity index (χ3n) is 3.67. The Kier molecular flexibility index (Phi) is 2.22. The van der Waals surface area contributed by atoms with Gasteiger partial charge in [-0.3, -0.25) is 0 Å². The van der Waals surface area contributed by atoms with Gasteiger partial charge in [0.1, 0.15) is 0 Å². The molecule has 0 aliphatic heterocycles. The Labute approximate surface area is 75.0 Å². The molecule has 12 heavy (non-hydrogen) atoms. The first-order chi connectivity index (χ1) is 5.84. The van der Waals surface area contributed by atoms with Gasteiger partial charge < -0.3 is 5.73 Å². The Morgan fingerprint density at radius 1 is 1.42 bits per heavy atom. The number of rotatable bonds is 4. The molecule has 0 radical (unpaired) electrons. The zero-order chi connectivity index (χ0) is 8.55. The standard InChI is InChI=1S/C11H19N/c1-2-3-7-10(12)11-8-5-4-6-9(8)11/h2,8-11H,1,3-7,12H2. The van der Waals surface area contributed by atoms with Crippen LogP contribution in [0.25, 0.3) is 0 Å². The normalized spacial score (nSPS) is 40.6. The highest BCUT2D eigenvalue weighted by Gasteiger charge is 2.54. The van der Waals surface area contributed by atoms with Crippen molar-refractivity contribution in [3.8, 4) is 0 Å². The van der Waals surface area contributed by atoms with E-state index in [1.54, 1.807) is 0 Å². The summed E-state index contributed by atoms with van der Waals surface area (Å²) in [7, 11) is 0. The van der Waals surface area contributed by atoms with Crippen molar-refractivity contribution < 1.29 is 0 Å². The van der Waals surface area contributed by atoms with Gasteiger partial charge in [0.05, 0.1) is 0 Å². The van der Waals surface area contributed by atoms with E-state index < -0.39 is 0 Å². The number of fused-ring (bicyclic) bond motifs is 1. The summed E-state index contributed by atoms with van der Waals surface area (Å²) in [5, 5.41) is 0. The van der Waals surface area contributed by atoms with E-state index in [2.05, 4.69) is 6.58 Å². The van der Waals surface area contributed by atoms with Crippen LogP contribution in [0.1, 0.15) is 32.1 Å². The Morgan fingerprint density at radius 2 is 2.08 bits per heavy atom. The van der Waals surface area contributed by atoms with E-state index >= 15 is 0 Å². The summed E-state index contributed by atoms with van der Waals surface area (Å²) in [6, 6.07) is 0.471. The first kappa shape index (κ1) is 8.31. The molecule has 2 saturated carbocycles. The van der Waals surface area contributed by atoms with Crippen molar-refractivity contribution in [2.75, 3.05) is 0 Å². The maximum absolute atomic E-state index is 6.11. The van der Waals surface area contributed by atoms with Crippen molar-refractivity contribution in [2.24, 2.45) is 23.5 Å². The lowest BCUT2D eigenvalue weighted by Gasteiger charge is -2.11. The summed E-state index contributed by atoms with van der Waals surface area (Å²) in [5.41, 5.74) is 6.11. The number of hydrogen-bond acceptors (Lipinski definition) is 1. The lowest BCUT2D eigenvalue weighted by molar-refractivity contribution is 0.465. The second-order valence-corrected chi connectivity index (χ2v) is 4.37. The molecule has 0 amide bonds. The van der Waals surface area contributed by atoms with Gasteiger partial charge in [-0.15, -0.1) is 6.58 Å². The second kappa shape index (κ2) is 3.21. The lowest BCUT2D eigenvalue weighted by Crippen LogP contribution is -2.24. The highest BCUT2D eigenvalue weighted by molar-refractivity contribution is 5.05. The SMILES string of the molecule is C=CCCC(N)C1C2CCCC21. The Morgan fingerprint density at radius 3 is 2.67 bits per heavy atom. The van der Waals surface area contributed by atoms with Crippen LogP contribution in [0.2, 0.25) is 0 Å². The van der Waals surface area contributed by atoms with Gasteiger partial charge in [0.15, 0.2) is 0 Å². The maximum Gasteiger partial charge on any atom is 0.00756 e. The molecule has 0 aromatic carbocycles. The van der Waals surface area contributed by atoms with Crippen LogP contribution in [0, 0.1) is 17.8 Å². The maximum atomic E-state index is 6.11. The first-order valence-corrected chi connectivity index (χ1v) is 5.21. The van der Waals surface area contributed by atoms with E-state index in [0.29, 0.717) is 6.04 Å². The van der Waals surface area contributed by atoms with E-state index in [1.165, 1.54) is 19.3 Å². The van der Waals surface area contributed by atoms with Crippen LogP contribution in [0.3, 0.4) is 0 Å². The third kappa shape index (κ3) is 1.31. The van der Waals surface area contributed by atoms with Crippen molar-refractivity contribution >= 4 is 0 Å². The molecular weight excluding hydrogens is 146 g/mol. The quantitative estimate of drug-likeness (QED) is 0.636. The second-order valence-electron chi connectivity index (χ2n) is 4.37. The van der Waals surface area contributed by atoms with Gasteiger partial charge in [-0.2, -0.15) is 0 Å². The monoisotopic (exact) mass is 165 g/mol. The van der Waals surface area contributed by atoms with Crippen molar-refractivity contribution in [1.82, 2.24) is 0 Å². The molecule has 0 saturated heterocycles. The van der Waals surface area contributed by atoms with Gasteiger partial charge in [-0.25, -0.2) is 0 Å². The summed E-state index contributed by atoms with van der Waals surface area (Å²) in [6.45, 7) is 3.73. The van der Waals surface area contributed by atoms with Gasteiger partial charge in [0.2, 0.25) is 0 Å². The van der Waals surface area contributed by atoms with Gasteiger partial charge in [0, 0.05) is 6.04 Å². The molecule has 3 unspecified atom stereocenters. The summed E-state index contributed by atoms with van der Waals surface area (Å²) < 4.78 is 0. The zero-order valence-corrected chi connectivity index (χ0v) is 7.71. The van der Waals surface area contributed by atoms with E-state index in [0.717, 1.165) is 30.6 Å². The minimum atomic E-state index is 0.471. The van der Waals surface area contributed by atoms with Crippen LogP contribution in [0.5, 0.6) is 0 Å². The average Bonchev–Trinajstić information content (AvgIpc) is 2.56. The number of allylic oxidation sites excluding steroid dienone is 1. The van der Waals surface area contributed by atoms with Gasteiger partial charge in [-0.05, 0) is 43.4 Å². The minimum Gasteiger partial charge on any atom is -0.327 e. The zero-order valence-electron chi connectivity index (χ0n) is 7.71. The lowest BCUT2D eigenvalue weighted by atomic mass is 10.0. The fourth-order valence-corrected chi connectivity index (χ4v) is 3.01. The van der Waals surface area contributed by atoms with E-state index in [1.807, 2.05) is 6.08 Å². The molecule has 0 bridgehead atoms. The Hall–Kier alpha value is -0.300. The molecule has 1 nitrogen and oxygen atoms in total. The molecule has 2 aliphatic carbocycles. The van der Waals surface area contributed by atoms with Gasteiger partial charge in [0.25, 0.3) is 0 Å². The molecule has 0 spiro atoms. The Bertz CT molecular complexity index is 166.